The smallest absolute Gasteiger partial charge is 0.138 e. The van der Waals surface area contributed by atoms with Crippen LogP contribution in [0.5, 0.6) is 0 Å². The molecule has 3 nitrogen and oxygen atoms in total. The van der Waals surface area contributed by atoms with Crippen LogP contribution in [0.3, 0.4) is 0 Å². The van der Waals surface area contributed by atoms with Crippen molar-refractivity contribution in [1.82, 2.24) is 15.4 Å². The van der Waals surface area contributed by atoms with Crippen molar-refractivity contribution in [2.75, 3.05) is 5.75 Å². The lowest BCUT2D eigenvalue weighted by atomic mass is 10.0. The molecule has 0 bridgehead atoms. The van der Waals surface area contributed by atoms with E-state index in [9.17, 15) is 0 Å². The molecule has 4 heteroatoms. The fraction of sp³-hybridized carbons (Fsp3) is 0.800. The van der Waals surface area contributed by atoms with Crippen LogP contribution in [-0.4, -0.2) is 21.2 Å². The average molecular weight is 211 g/mol. The maximum atomic E-state index is 4.01. The van der Waals surface area contributed by atoms with Gasteiger partial charge >= 0.3 is 0 Å². The Kier molecular flexibility index (Phi) is 3.86. The number of hydrogen-bond acceptors (Lipinski definition) is 3. The minimum absolute atomic E-state index is 1.02. The second-order valence-electron chi connectivity index (χ2n) is 3.95. The highest BCUT2D eigenvalue weighted by atomic mass is 32.2. The van der Waals surface area contributed by atoms with Crippen LogP contribution in [0.25, 0.3) is 0 Å². The lowest BCUT2D eigenvalue weighted by molar-refractivity contribution is 0.499. The number of rotatable bonds is 5. The van der Waals surface area contributed by atoms with Gasteiger partial charge in [-0.3, -0.25) is 0 Å². The van der Waals surface area contributed by atoms with Gasteiger partial charge in [0.2, 0.25) is 0 Å². The van der Waals surface area contributed by atoms with Gasteiger partial charge in [-0.25, -0.2) is 0 Å². The predicted octanol–water partition coefficient (Wildman–Crippen LogP) is 2.87. The molecule has 2 rings (SSSR count). The molecule has 1 aromatic rings. The van der Waals surface area contributed by atoms with Gasteiger partial charge in [0.05, 0.1) is 6.20 Å². The SMILES string of the molecule is c1n[nH]nc1SCCCC1CCCC1. The second kappa shape index (κ2) is 5.39. The van der Waals surface area contributed by atoms with E-state index in [1.54, 1.807) is 18.0 Å². The van der Waals surface area contributed by atoms with Crippen molar-refractivity contribution in [2.24, 2.45) is 5.92 Å². The van der Waals surface area contributed by atoms with E-state index in [2.05, 4.69) is 15.4 Å². The van der Waals surface area contributed by atoms with E-state index in [1.165, 1.54) is 44.3 Å². The van der Waals surface area contributed by atoms with Crippen LogP contribution >= 0.6 is 11.8 Å². The van der Waals surface area contributed by atoms with Crippen molar-refractivity contribution in [1.29, 1.82) is 0 Å². The number of thioether (sulfide) groups is 1. The number of nitrogens with one attached hydrogen (secondary N) is 1. The van der Waals surface area contributed by atoms with Gasteiger partial charge in [0.15, 0.2) is 0 Å². The number of nitrogens with zero attached hydrogens (tertiary/aromatic N) is 2. The topological polar surface area (TPSA) is 41.6 Å². The zero-order chi connectivity index (χ0) is 9.64. The van der Waals surface area contributed by atoms with Crippen molar-refractivity contribution in [3.63, 3.8) is 0 Å². The Hall–Kier alpha value is -0.510. The maximum absolute atomic E-state index is 4.01. The van der Waals surface area contributed by atoms with Crippen molar-refractivity contribution < 1.29 is 0 Å². The first-order valence-electron chi connectivity index (χ1n) is 5.44. The van der Waals surface area contributed by atoms with E-state index in [0.29, 0.717) is 0 Å². The van der Waals surface area contributed by atoms with Crippen LogP contribution < -0.4 is 0 Å². The van der Waals surface area contributed by atoms with Crippen LogP contribution in [0.15, 0.2) is 11.2 Å². The quantitative estimate of drug-likeness (QED) is 0.601. The Morgan fingerprint density at radius 1 is 1.43 bits per heavy atom. The van der Waals surface area contributed by atoms with Crippen molar-refractivity contribution in [2.45, 2.75) is 43.6 Å². The molecule has 78 valence electrons. The fourth-order valence-electron chi connectivity index (χ4n) is 2.11. The fourth-order valence-corrected chi connectivity index (χ4v) is 2.86. The highest BCUT2D eigenvalue weighted by Gasteiger charge is 2.13. The first-order chi connectivity index (χ1) is 6.95. The third kappa shape index (κ3) is 3.01. The van der Waals surface area contributed by atoms with E-state index in [1.807, 2.05) is 0 Å². The molecule has 0 aliphatic heterocycles. The second-order valence-corrected chi connectivity index (χ2v) is 5.06. The number of aromatic amines is 1. The summed E-state index contributed by atoms with van der Waals surface area (Å²) in [7, 11) is 0. The third-order valence-corrected chi connectivity index (χ3v) is 3.86. The molecule has 1 aliphatic carbocycles. The van der Waals surface area contributed by atoms with Gasteiger partial charge in [0.1, 0.15) is 5.03 Å². The Morgan fingerprint density at radius 2 is 2.29 bits per heavy atom. The van der Waals surface area contributed by atoms with Crippen molar-refractivity contribution >= 4 is 11.8 Å². The lowest BCUT2D eigenvalue weighted by Crippen LogP contribution is -1.93. The predicted molar refractivity (Wildman–Crippen MR) is 58.3 cm³/mol. The average Bonchev–Trinajstić information content (AvgIpc) is 2.86. The molecule has 1 heterocycles. The van der Waals surface area contributed by atoms with Gasteiger partial charge in [-0.05, 0) is 24.5 Å². The molecule has 0 aromatic carbocycles. The first-order valence-corrected chi connectivity index (χ1v) is 6.42. The van der Waals surface area contributed by atoms with Gasteiger partial charge in [-0.2, -0.15) is 10.3 Å². The molecule has 0 spiro atoms. The molecule has 1 saturated carbocycles. The van der Waals surface area contributed by atoms with Crippen LogP contribution in [0.1, 0.15) is 38.5 Å². The minimum atomic E-state index is 1.02. The summed E-state index contributed by atoms with van der Waals surface area (Å²) >= 11 is 1.81. The summed E-state index contributed by atoms with van der Waals surface area (Å²) < 4.78 is 0. The molecule has 1 aliphatic rings. The zero-order valence-electron chi connectivity index (χ0n) is 8.41. The number of aromatic nitrogens is 3. The number of H-pyrrole nitrogens is 1. The maximum Gasteiger partial charge on any atom is 0.138 e. The van der Waals surface area contributed by atoms with E-state index >= 15 is 0 Å². The van der Waals surface area contributed by atoms with Crippen LogP contribution in [-0.2, 0) is 0 Å². The van der Waals surface area contributed by atoms with E-state index in [-0.39, 0.29) is 0 Å². The number of hydrogen-bond donors (Lipinski definition) is 1. The summed E-state index contributed by atoms with van der Waals surface area (Å²) in [6.45, 7) is 0. The Balaban J connectivity index is 1.55. The van der Waals surface area contributed by atoms with Crippen LogP contribution in [0, 0.1) is 5.92 Å². The van der Waals surface area contributed by atoms with Crippen LogP contribution in [0.4, 0.5) is 0 Å². The Morgan fingerprint density at radius 3 is 3.00 bits per heavy atom. The Bertz CT molecular complexity index is 242. The molecule has 1 N–H and O–H groups in total. The van der Waals surface area contributed by atoms with Crippen LogP contribution in [0.2, 0.25) is 0 Å². The standard InChI is InChI=1S/C10H17N3S/c1-2-5-9(4-1)6-3-7-14-10-8-11-13-12-10/h8-9H,1-7H2,(H,11,12,13). The molecule has 0 saturated heterocycles. The molecule has 0 amide bonds. The summed E-state index contributed by atoms with van der Waals surface area (Å²) in [5, 5.41) is 11.4. The zero-order valence-corrected chi connectivity index (χ0v) is 9.22. The molecular formula is C10H17N3S. The normalized spacial score (nSPS) is 17.7. The van der Waals surface area contributed by atoms with Gasteiger partial charge in [-0.1, -0.05) is 25.7 Å². The van der Waals surface area contributed by atoms with Gasteiger partial charge in [0.25, 0.3) is 0 Å². The minimum Gasteiger partial charge on any atom is -0.197 e. The largest absolute Gasteiger partial charge is 0.197 e. The molecule has 0 unspecified atom stereocenters. The third-order valence-electron chi connectivity index (χ3n) is 2.87. The lowest BCUT2D eigenvalue weighted by Gasteiger charge is -2.06. The highest BCUT2D eigenvalue weighted by Crippen LogP contribution is 2.29. The molecule has 1 aromatic heterocycles. The van der Waals surface area contributed by atoms with E-state index < -0.39 is 0 Å². The summed E-state index contributed by atoms with van der Waals surface area (Å²) in [6, 6.07) is 0. The van der Waals surface area contributed by atoms with E-state index in [4.69, 9.17) is 0 Å². The first kappa shape index (κ1) is 10.0. The molecule has 0 atom stereocenters. The molecule has 0 radical (unpaired) electrons. The van der Waals surface area contributed by atoms with Gasteiger partial charge in [0, 0.05) is 0 Å². The van der Waals surface area contributed by atoms with Crippen molar-refractivity contribution in [3.8, 4) is 0 Å². The summed E-state index contributed by atoms with van der Waals surface area (Å²) in [6.07, 6.45) is 10.4. The molecular weight excluding hydrogens is 194 g/mol. The monoisotopic (exact) mass is 211 g/mol. The Labute approximate surface area is 89.1 Å². The van der Waals surface area contributed by atoms with Crippen molar-refractivity contribution in [3.05, 3.63) is 6.20 Å². The molecule has 14 heavy (non-hydrogen) atoms. The van der Waals surface area contributed by atoms with E-state index in [0.717, 1.165) is 10.9 Å². The summed E-state index contributed by atoms with van der Waals surface area (Å²) in [5.41, 5.74) is 0. The summed E-state index contributed by atoms with van der Waals surface area (Å²) in [5.74, 6) is 2.20. The van der Waals surface area contributed by atoms with Gasteiger partial charge in [-0.15, -0.1) is 16.9 Å². The van der Waals surface area contributed by atoms with Gasteiger partial charge < -0.3 is 0 Å². The summed E-state index contributed by atoms with van der Waals surface area (Å²) in [4.78, 5) is 0. The highest BCUT2D eigenvalue weighted by molar-refractivity contribution is 7.99. The molecule has 1 fully saturated rings.